The summed E-state index contributed by atoms with van der Waals surface area (Å²) in [6.45, 7) is 1.83. The molecule has 0 bridgehead atoms. The molecule has 1 aromatic rings. The van der Waals surface area contributed by atoms with E-state index >= 15 is 0 Å². The fraction of sp³-hybridized carbons (Fsp3) is 0.250. The molecule has 0 aliphatic carbocycles. The molecule has 4 N–H and O–H groups in total. The van der Waals surface area contributed by atoms with E-state index in [0.29, 0.717) is 10.2 Å². The van der Waals surface area contributed by atoms with Crippen LogP contribution in [-0.4, -0.2) is 34.2 Å². The third-order valence-electron chi connectivity index (χ3n) is 2.42. The number of aryl methyl sites for hydroxylation is 1. The Kier molecular flexibility index (Phi) is 5.51. The molecule has 20 heavy (non-hydrogen) atoms. The number of benzene rings is 1. The van der Waals surface area contributed by atoms with E-state index in [1.54, 1.807) is 12.1 Å². The highest BCUT2D eigenvalue weighted by Crippen LogP contribution is 2.25. The van der Waals surface area contributed by atoms with Gasteiger partial charge in [-0.05, 0) is 34.5 Å². The Balaban J connectivity index is 2.73. The van der Waals surface area contributed by atoms with Crippen LogP contribution in [0.15, 0.2) is 22.7 Å². The highest BCUT2D eigenvalue weighted by atomic mass is 79.9. The third kappa shape index (κ3) is 4.54. The molecule has 0 aliphatic heterocycles. The van der Waals surface area contributed by atoms with Crippen molar-refractivity contribution in [1.82, 2.24) is 5.32 Å². The average molecular weight is 345 g/mol. The van der Waals surface area contributed by atoms with Crippen LogP contribution in [0, 0.1) is 6.92 Å². The molecule has 0 heterocycles. The summed E-state index contributed by atoms with van der Waals surface area (Å²) in [5.74, 6) is -2.72. The van der Waals surface area contributed by atoms with Crippen molar-refractivity contribution in [3.8, 4) is 0 Å². The number of urea groups is 1. The molecule has 1 unspecified atom stereocenters. The molecule has 1 aromatic carbocycles. The molecule has 0 saturated heterocycles. The lowest BCUT2D eigenvalue weighted by Gasteiger charge is -2.14. The summed E-state index contributed by atoms with van der Waals surface area (Å²) in [6.07, 6.45) is -0.697. The number of anilines is 1. The van der Waals surface area contributed by atoms with Crippen LogP contribution in [0.3, 0.4) is 0 Å². The van der Waals surface area contributed by atoms with E-state index in [1.165, 1.54) is 0 Å². The van der Waals surface area contributed by atoms with Crippen LogP contribution in [0.2, 0.25) is 0 Å². The van der Waals surface area contributed by atoms with Crippen LogP contribution in [0.25, 0.3) is 0 Å². The highest BCUT2D eigenvalue weighted by Gasteiger charge is 2.23. The Morgan fingerprint density at radius 2 is 1.95 bits per heavy atom. The molecular formula is C12H13BrN2O5. The summed E-state index contributed by atoms with van der Waals surface area (Å²) in [5.41, 5.74) is 1.35. The summed E-state index contributed by atoms with van der Waals surface area (Å²) in [7, 11) is 0. The lowest BCUT2D eigenvalue weighted by molar-refractivity contribution is -0.145. The van der Waals surface area contributed by atoms with E-state index in [1.807, 2.05) is 13.0 Å². The predicted octanol–water partition coefficient (Wildman–Crippen LogP) is 1.81. The average Bonchev–Trinajstić information content (AvgIpc) is 2.33. The van der Waals surface area contributed by atoms with Crippen LogP contribution in [0.4, 0.5) is 10.5 Å². The van der Waals surface area contributed by atoms with Gasteiger partial charge in [0.25, 0.3) is 0 Å². The van der Waals surface area contributed by atoms with Gasteiger partial charge in [-0.1, -0.05) is 12.1 Å². The monoisotopic (exact) mass is 344 g/mol. The minimum absolute atomic E-state index is 0.460. The van der Waals surface area contributed by atoms with Crippen LogP contribution < -0.4 is 10.6 Å². The van der Waals surface area contributed by atoms with Gasteiger partial charge in [-0.3, -0.25) is 4.79 Å². The summed E-state index contributed by atoms with van der Waals surface area (Å²) in [5, 5.41) is 21.9. The number of carboxylic acids is 2. The Hall–Kier alpha value is -2.09. The number of nitrogens with one attached hydrogen (secondary N) is 2. The Morgan fingerprint density at radius 1 is 1.30 bits per heavy atom. The Labute approximate surface area is 123 Å². The Bertz CT molecular complexity index is 547. The second-order valence-corrected chi connectivity index (χ2v) is 4.82. The number of amides is 2. The maximum absolute atomic E-state index is 11.7. The lowest BCUT2D eigenvalue weighted by Crippen LogP contribution is -2.44. The highest BCUT2D eigenvalue weighted by molar-refractivity contribution is 9.10. The van der Waals surface area contributed by atoms with Crippen molar-refractivity contribution in [2.24, 2.45) is 0 Å². The topological polar surface area (TPSA) is 116 Å². The standard InChI is InChI=1S/C12H13BrN2O5/c1-6-3-2-4-7(10(6)13)14-12(20)15-8(11(18)19)5-9(16)17/h2-4,8H,5H2,1H3,(H,16,17)(H,18,19)(H2,14,15,20). The van der Waals surface area contributed by atoms with E-state index in [2.05, 4.69) is 26.6 Å². The van der Waals surface area contributed by atoms with Crippen LogP contribution in [0.5, 0.6) is 0 Å². The SMILES string of the molecule is Cc1cccc(NC(=O)NC(CC(=O)O)C(=O)O)c1Br. The fourth-order valence-electron chi connectivity index (χ4n) is 1.44. The van der Waals surface area contributed by atoms with Crippen molar-refractivity contribution in [3.63, 3.8) is 0 Å². The summed E-state index contributed by atoms with van der Waals surface area (Å²) < 4.78 is 0.667. The summed E-state index contributed by atoms with van der Waals surface area (Å²) in [4.78, 5) is 33.0. The summed E-state index contributed by atoms with van der Waals surface area (Å²) >= 11 is 3.29. The van der Waals surface area contributed by atoms with Crippen molar-refractivity contribution < 1.29 is 24.6 Å². The molecule has 0 aliphatic rings. The number of rotatable bonds is 5. The molecule has 0 fully saturated rings. The number of hydrogen-bond donors (Lipinski definition) is 4. The number of hydrogen-bond acceptors (Lipinski definition) is 3. The zero-order chi connectivity index (χ0) is 15.3. The first-order chi connectivity index (χ1) is 9.31. The van der Waals surface area contributed by atoms with Crippen LogP contribution in [0.1, 0.15) is 12.0 Å². The van der Waals surface area contributed by atoms with Gasteiger partial charge in [0, 0.05) is 4.47 Å². The van der Waals surface area contributed by atoms with E-state index in [0.717, 1.165) is 5.56 Å². The largest absolute Gasteiger partial charge is 0.481 e. The van der Waals surface area contributed by atoms with E-state index < -0.39 is 30.4 Å². The zero-order valence-corrected chi connectivity index (χ0v) is 12.1. The van der Waals surface area contributed by atoms with Crippen LogP contribution in [-0.2, 0) is 9.59 Å². The quantitative estimate of drug-likeness (QED) is 0.650. The van der Waals surface area contributed by atoms with Crippen molar-refractivity contribution in [2.75, 3.05) is 5.32 Å². The molecule has 0 radical (unpaired) electrons. The zero-order valence-electron chi connectivity index (χ0n) is 10.5. The van der Waals surface area contributed by atoms with E-state index in [-0.39, 0.29) is 0 Å². The van der Waals surface area contributed by atoms with Gasteiger partial charge in [-0.25, -0.2) is 9.59 Å². The normalized spacial score (nSPS) is 11.5. The minimum Gasteiger partial charge on any atom is -0.481 e. The number of carbonyl (C=O) groups is 3. The van der Waals surface area contributed by atoms with Crippen LogP contribution >= 0.6 is 15.9 Å². The predicted molar refractivity (Wildman–Crippen MR) is 74.7 cm³/mol. The van der Waals surface area contributed by atoms with E-state index in [9.17, 15) is 14.4 Å². The van der Waals surface area contributed by atoms with Gasteiger partial charge < -0.3 is 20.8 Å². The van der Waals surface area contributed by atoms with Gasteiger partial charge >= 0.3 is 18.0 Å². The molecule has 0 saturated carbocycles. The number of aliphatic carboxylic acids is 2. The number of halogens is 1. The number of carboxylic acid groups (broad SMARTS) is 2. The Morgan fingerprint density at radius 3 is 2.50 bits per heavy atom. The van der Waals surface area contributed by atoms with Gasteiger partial charge in [0.15, 0.2) is 0 Å². The minimum atomic E-state index is -1.49. The molecule has 0 aromatic heterocycles. The molecule has 108 valence electrons. The molecule has 2 amide bonds. The first-order valence-corrected chi connectivity index (χ1v) is 6.37. The second-order valence-electron chi connectivity index (χ2n) is 4.02. The van der Waals surface area contributed by atoms with Gasteiger partial charge in [0.1, 0.15) is 6.04 Å². The maximum atomic E-state index is 11.7. The molecular weight excluding hydrogens is 332 g/mol. The van der Waals surface area contributed by atoms with Gasteiger partial charge in [-0.15, -0.1) is 0 Å². The van der Waals surface area contributed by atoms with Crippen molar-refractivity contribution in [3.05, 3.63) is 28.2 Å². The van der Waals surface area contributed by atoms with E-state index in [4.69, 9.17) is 10.2 Å². The van der Waals surface area contributed by atoms with Gasteiger partial charge in [0.2, 0.25) is 0 Å². The molecule has 1 rings (SSSR count). The molecule has 1 atom stereocenters. The summed E-state index contributed by atoms with van der Waals surface area (Å²) in [6, 6.07) is 2.91. The first-order valence-electron chi connectivity index (χ1n) is 5.58. The van der Waals surface area contributed by atoms with Gasteiger partial charge in [0.05, 0.1) is 12.1 Å². The van der Waals surface area contributed by atoms with Crippen molar-refractivity contribution in [2.45, 2.75) is 19.4 Å². The van der Waals surface area contributed by atoms with Crippen molar-refractivity contribution in [1.29, 1.82) is 0 Å². The molecule has 8 heteroatoms. The lowest BCUT2D eigenvalue weighted by atomic mass is 10.2. The number of carbonyl (C=O) groups excluding carboxylic acids is 1. The fourth-order valence-corrected chi connectivity index (χ4v) is 1.80. The molecule has 0 spiro atoms. The van der Waals surface area contributed by atoms with Crippen molar-refractivity contribution >= 4 is 39.6 Å². The first kappa shape index (κ1) is 16.0. The maximum Gasteiger partial charge on any atom is 0.326 e. The smallest absolute Gasteiger partial charge is 0.326 e. The third-order valence-corrected chi connectivity index (χ3v) is 3.47. The second kappa shape index (κ2) is 6.90. The molecule has 7 nitrogen and oxygen atoms in total. The van der Waals surface area contributed by atoms with Gasteiger partial charge in [-0.2, -0.15) is 0 Å².